The lowest BCUT2D eigenvalue weighted by molar-refractivity contribution is -0.131. The second-order valence-corrected chi connectivity index (χ2v) is 9.03. The van der Waals surface area contributed by atoms with E-state index in [1.807, 2.05) is 18.9 Å². The zero-order valence-corrected chi connectivity index (χ0v) is 15.6. The highest BCUT2D eigenvalue weighted by Gasteiger charge is 2.37. The minimum Gasteiger partial charge on any atom is -0.342 e. The topological polar surface area (TPSA) is 51.0 Å². The van der Waals surface area contributed by atoms with Crippen molar-refractivity contribution < 1.29 is 4.79 Å². The third kappa shape index (κ3) is 3.35. The van der Waals surface area contributed by atoms with Gasteiger partial charge in [0.2, 0.25) is 5.91 Å². The molecule has 0 spiro atoms. The van der Waals surface area contributed by atoms with E-state index in [2.05, 4.69) is 14.8 Å². The van der Waals surface area contributed by atoms with Crippen LogP contribution in [-0.4, -0.2) is 43.9 Å². The molecule has 3 saturated carbocycles. The predicted octanol–water partition coefficient (Wildman–Crippen LogP) is 3.76. The van der Waals surface area contributed by atoms with Crippen LogP contribution >= 0.6 is 11.8 Å². The van der Waals surface area contributed by atoms with Crippen LogP contribution in [0.4, 0.5) is 0 Å². The van der Waals surface area contributed by atoms with Crippen LogP contribution in [0, 0.1) is 0 Å². The van der Waals surface area contributed by atoms with Crippen molar-refractivity contribution in [2.45, 2.75) is 93.1 Å². The van der Waals surface area contributed by atoms with Gasteiger partial charge in [-0.25, -0.2) is 0 Å². The van der Waals surface area contributed by atoms with E-state index in [0.717, 1.165) is 18.0 Å². The summed E-state index contributed by atoms with van der Waals surface area (Å²) in [6, 6.07) is 1.01. The SMILES string of the molecule is C[C@@H](Sc1nnc(C2CC2)n1C1CC1)C(=O)N(C)C1CCCCC1. The molecular weight excluding hydrogens is 320 g/mol. The summed E-state index contributed by atoms with van der Waals surface area (Å²) in [5.74, 6) is 2.02. The van der Waals surface area contributed by atoms with Gasteiger partial charge in [-0.1, -0.05) is 31.0 Å². The molecule has 0 bridgehead atoms. The van der Waals surface area contributed by atoms with Crippen molar-refractivity contribution in [2.24, 2.45) is 0 Å². The molecule has 3 fully saturated rings. The lowest BCUT2D eigenvalue weighted by Crippen LogP contribution is -2.42. The average molecular weight is 349 g/mol. The van der Waals surface area contributed by atoms with Crippen molar-refractivity contribution in [3.63, 3.8) is 0 Å². The van der Waals surface area contributed by atoms with E-state index in [-0.39, 0.29) is 11.2 Å². The largest absolute Gasteiger partial charge is 0.342 e. The van der Waals surface area contributed by atoms with Gasteiger partial charge in [0.25, 0.3) is 0 Å². The number of carbonyl (C=O) groups excluding carboxylic acids is 1. The highest BCUT2D eigenvalue weighted by atomic mass is 32.2. The maximum Gasteiger partial charge on any atom is 0.235 e. The number of carbonyl (C=O) groups is 1. The summed E-state index contributed by atoms with van der Waals surface area (Å²) >= 11 is 1.60. The Morgan fingerprint density at radius 1 is 1.12 bits per heavy atom. The Bertz CT molecular complexity index is 602. The molecule has 1 aromatic rings. The van der Waals surface area contributed by atoms with E-state index in [4.69, 9.17) is 0 Å². The van der Waals surface area contributed by atoms with E-state index in [9.17, 15) is 4.79 Å². The van der Waals surface area contributed by atoms with Gasteiger partial charge < -0.3 is 9.47 Å². The maximum absolute atomic E-state index is 12.8. The third-order valence-corrected chi connectivity index (χ3v) is 6.69. The molecule has 0 aromatic carbocycles. The zero-order valence-electron chi connectivity index (χ0n) is 14.8. The van der Waals surface area contributed by atoms with Crippen molar-refractivity contribution in [1.82, 2.24) is 19.7 Å². The first-order valence-electron chi connectivity index (χ1n) is 9.53. The van der Waals surface area contributed by atoms with Gasteiger partial charge in [0.05, 0.1) is 5.25 Å². The molecule has 0 aliphatic heterocycles. The molecule has 0 N–H and O–H groups in total. The molecule has 132 valence electrons. The van der Waals surface area contributed by atoms with Crippen LogP contribution in [0.1, 0.15) is 82.5 Å². The molecule has 1 amide bonds. The van der Waals surface area contributed by atoms with Gasteiger partial charge in [-0.2, -0.15) is 0 Å². The van der Waals surface area contributed by atoms with Crippen LogP contribution in [0.15, 0.2) is 5.16 Å². The van der Waals surface area contributed by atoms with Gasteiger partial charge in [-0.05, 0) is 45.4 Å². The Kier molecular flexibility index (Phi) is 4.58. The molecular formula is C18H28N4OS. The second kappa shape index (κ2) is 6.70. The van der Waals surface area contributed by atoms with Crippen LogP contribution in [0.3, 0.4) is 0 Å². The van der Waals surface area contributed by atoms with Gasteiger partial charge in [0, 0.05) is 25.0 Å². The monoisotopic (exact) mass is 348 g/mol. The Balaban J connectivity index is 1.43. The second-order valence-electron chi connectivity index (χ2n) is 7.72. The van der Waals surface area contributed by atoms with Gasteiger partial charge in [0.15, 0.2) is 5.16 Å². The van der Waals surface area contributed by atoms with E-state index in [0.29, 0.717) is 18.0 Å². The Morgan fingerprint density at radius 2 is 1.83 bits per heavy atom. The molecule has 3 aliphatic carbocycles. The quantitative estimate of drug-likeness (QED) is 0.735. The van der Waals surface area contributed by atoms with Crippen LogP contribution in [0.5, 0.6) is 0 Å². The highest BCUT2D eigenvalue weighted by Crippen LogP contribution is 2.46. The van der Waals surface area contributed by atoms with Gasteiger partial charge >= 0.3 is 0 Å². The van der Waals surface area contributed by atoms with Crippen LogP contribution in [0.25, 0.3) is 0 Å². The van der Waals surface area contributed by atoms with Crippen LogP contribution in [0.2, 0.25) is 0 Å². The first-order chi connectivity index (χ1) is 11.6. The fraction of sp³-hybridized carbons (Fsp3) is 0.833. The van der Waals surface area contributed by atoms with Crippen molar-refractivity contribution in [2.75, 3.05) is 7.05 Å². The first-order valence-corrected chi connectivity index (χ1v) is 10.4. The summed E-state index contributed by atoms with van der Waals surface area (Å²) in [5, 5.41) is 9.76. The fourth-order valence-electron chi connectivity index (χ4n) is 3.81. The molecule has 0 saturated heterocycles. The number of rotatable bonds is 6. The number of hydrogen-bond acceptors (Lipinski definition) is 4. The summed E-state index contributed by atoms with van der Waals surface area (Å²) in [6.07, 6.45) is 11.1. The highest BCUT2D eigenvalue weighted by molar-refractivity contribution is 8.00. The number of nitrogens with zero attached hydrogens (tertiary/aromatic N) is 4. The lowest BCUT2D eigenvalue weighted by Gasteiger charge is -2.32. The normalized spacial score (nSPS) is 23.2. The van der Waals surface area contributed by atoms with Gasteiger partial charge in [-0.3, -0.25) is 4.79 Å². The van der Waals surface area contributed by atoms with Crippen LogP contribution in [-0.2, 0) is 4.79 Å². The van der Waals surface area contributed by atoms with Crippen LogP contribution < -0.4 is 0 Å². The minimum atomic E-state index is -0.0920. The molecule has 24 heavy (non-hydrogen) atoms. The Morgan fingerprint density at radius 3 is 2.46 bits per heavy atom. The first kappa shape index (κ1) is 16.4. The van der Waals surface area contributed by atoms with E-state index in [1.54, 1.807) is 11.8 Å². The molecule has 1 heterocycles. The van der Waals surface area contributed by atoms with Crippen molar-refractivity contribution in [3.05, 3.63) is 5.82 Å². The number of aromatic nitrogens is 3. The van der Waals surface area contributed by atoms with Gasteiger partial charge in [-0.15, -0.1) is 10.2 Å². The molecule has 5 nitrogen and oxygen atoms in total. The summed E-state index contributed by atoms with van der Waals surface area (Å²) in [7, 11) is 1.98. The maximum atomic E-state index is 12.8. The Hall–Kier alpha value is -1.04. The molecule has 1 aromatic heterocycles. The Labute approximate surface area is 148 Å². The zero-order chi connectivity index (χ0) is 16.7. The van der Waals surface area contributed by atoms with Crippen molar-refractivity contribution >= 4 is 17.7 Å². The minimum absolute atomic E-state index is 0.0920. The van der Waals surface area contributed by atoms with Crippen molar-refractivity contribution in [3.8, 4) is 0 Å². The van der Waals surface area contributed by atoms with Gasteiger partial charge in [0.1, 0.15) is 5.82 Å². The fourth-order valence-corrected chi connectivity index (χ4v) is 4.84. The molecule has 6 heteroatoms. The smallest absolute Gasteiger partial charge is 0.235 e. The summed E-state index contributed by atoms with van der Waals surface area (Å²) in [6.45, 7) is 2.02. The summed E-state index contributed by atoms with van der Waals surface area (Å²) in [4.78, 5) is 14.8. The molecule has 4 rings (SSSR count). The predicted molar refractivity (Wildman–Crippen MR) is 95.2 cm³/mol. The van der Waals surface area contributed by atoms with E-state index < -0.39 is 0 Å². The number of thioether (sulfide) groups is 1. The third-order valence-electron chi connectivity index (χ3n) is 5.65. The molecule has 3 aliphatic rings. The molecule has 0 radical (unpaired) electrons. The standard InChI is InChI=1S/C18H28N4OS/c1-12(17(23)21(2)14-6-4-3-5-7-14)24-18-20-19-16(13-8-9-13)22(18)15-10-11-15/h12-15H,3-11H2,1-2H3/t12-/m1/s1. The van der Waals surface area contributed by atoms with E-state index in [1.165, 1.54) is 50.8 Å². The van der Waals surface area contributed by atoms with E-state index >= 15 is 0 Å². The molecule has 1 atom stereocenters. The lowest BCUT2D eigenvalue weighted by atomic mass is 9.94. The summed E-state index contributed by atoms with van der Waals surface area (Å²) in [5.41, 5.74) is 0. The number of hydrogen-bond donors (Lipinski definition) is 0. The average Bonchev–Trinajstić information content (AvgIpc) is 3.53. The number of amides is 1. The summed E-state index contributed by atoms with van der Waals surface area (Å²) < 4.78 is 2.34. The van der Waals surface area contributed by atoms with Crippen molar-refractivity contribution in [1.29, 1.82) is 0 Å². The molecule has 0 unspecified atom stereocenters.